The summed E-state index contributed by atoms with van der Waals surface area (Å²) in [6, 6.07) is 14.2. The topological polar surface area (TPSA) is 54.3 Å². The molecule has 0 bridgehead atoms. The fourth-order valence-corrected chi connectivity index (χ4v) is 5.52. The summed E-state index contributed by atoms with van der Waals surface area (Å²) in [5.41, 5.74) is 1.81. The second-order valence-corrected chi connectivity index (χ2v) is 9.34. The number of hydrogen-bond acceptors (Lipinski definition) is 3. The third-order valence-corrected chi connectivity index (χ3v) is 7.26. The van der Waals surface area contributed by atoms with Crippen LogP contribution in [0, 0.1) is 0 Å². The Bertz CT molecular complexity index is 1060. The Labute approximate surface area is 174 Å². The number of nitrogens with one attached hydrogen (secondary N) is 1. The van der Waals surface area contributed by atoms with Crippen LogP contribution in [0.15, 0.2) is 47.8 Å². The number of fused-ring (bicyclic) bond motifs is 3. The van der Waals surface area contributed by atoms with Crippen molar-refractivity contribution < 1.29 is 9.59 Å². The standard InChI is InChI=1S/C23H25N3O2S/c1-23(22(28)24-17-9-5-6-10-17)15-25-18-11-12-29-20(18)13-19(25)21(27)26(23)14-16-7-3-2-4-8-16/h2-4,7-8,11-13,17H,5-6,9-10,14-15H2,1H3,(H,24,28)/t23-/m0/s1. The van der Waals surface area contributed by atoms with Gasteiger partial charge in [-0.3, -0.25) is 9.59 Å². The highest BCUT2D eigenvalue weighted by molar-refractivity contribution is 7.17. The minimum Gasteiger partial charge on any atom is -0.351 e. The molecular weight excluding hydrogens is 382 g/mol. The Kier molecular flexibility index (Phi) is 4.46. The molecule has 0 spiro atoms. The Balaban J connectivity index is 1.55. The van der Waals surface area contributed by atoms with Crippen LogP contribution in [0.4, 0.5) is 0 Å². The van der Waals surface area contributed by atoms with Crippen LogP contribution in [0.1, 0.15) is 48.7 Å². The SMILES string of the molecule is C[C@@]1(C(=O)NC2CCCC2)Cn2c(cc3sccc32)C(=O)N1Cc1ccccc1. The van der Waals surface area contributed by atoms with Crippen molar-refractivity contribution in [1.82, 2.24) is 14.8 Å². The average Bonchev–Trinajstić information content (AvgIpc) is 3.45. The van der Waals surface area contributed by atoms with E-state index in [0.29, 0.717) is 18.8 Å². The van der Waals surface area contributed by atoms with E-state index in [-0.39, 0.29) is 17.9 Å². The molecule has 1 fully saturated rings. The lowest BCUT2D eigenvalue weighted by Crippen LogP contribution is -2.64. The summed E-state index contributed by atoms with van der Waals surface area (Å²) in [6.45, 7) is 2.81. The number of thiophene rings is 1. The molecule has 1 saturated carbocycles. The number of nitrogens with zero attached hydrogens (tertiary/aromatic N) is 2. The molecule has 2 amide bonds. The molecule has 29 heavy (non-hydrogen) atoms. The monoisotopic (exact) mass is 407 g/mol. The van der Waals surface area contributed by atoms with E-state index in [1.165, 1.54) is 0 Å². The lowest BCUT2D eigenvalue weighted by Gasteiger charge is -2.44. The maximum Gasteiger partial charge on any atom is 0.271 e. The maximum atomic E-state index is 13.6. The molecule has 150 valence electrons. The van der Waals surface area contributed by atoms with Crippen molar-refractivity contribution in [3.8, 4) is 0 Å². The summed E-state index contributed by atoms with van der Waals surface area (Å²) >= 11 is 1.63. The van der Waals surface area contributed by atoms with Crippen LogP contribution in [-0.2, 0) is 17.9 Å². The summed E-state index contributed by atoms with van der Waals surface area (Å²) in [6.07, 6.45) is 4.37. The van der Waals surface area contributed by atoms with Crippen molar-refractivity contribution in [2.24, 2.45) is 0 Å². The van der Waals surface area contributed by atoms with Gasteiger partial charge < -0.3 is 14.8 Å². The first-order valence-corrected chi connectivity index (χ1v) is 11.2. The van der Waals surface area contributed by atoms with Gasteiger partial charge in [-0.2, -0.15) is 0 Å². The molecule has 2 aliphatic rings. The van der Waals surface area contributed by atoms with Crippen molar-refractivity contribution in [3.63, 3.8) is 0 Å². The predicted octanol–water partition coefficient (Wildman–Crippen LogP) is 4.18. The van der Waals surface area contributed by atoms with Gasteiger partial charge in [-0.1, -0.05) is 43.2 Å². The van der Waals surface area contributed by atoms with Crippen LogP contribution in [-0.4, -0.2) is 32.9 Å². The van der Waals surface area contributed by atoms with Gasteiger partial charge in [0.1, 0.15) is 11.2 Å². The van der Waals surface area contributed by atoms with E-state index in [4.69, 9.17) is 0 Å². The number of carbonyl (C=O) groups excluding carboxylic acids is 2. The molecule has 3 aromatic rings. The maximum absolute atomic E-state index is 13.6. The van der Waals surface area contributed by atoms with Crippen molar-refractivity contribution in [2.75, 3.05) is 0 Å². The van der Waals surface area contributed by atoms with Gasteiger partial charge in [0.25, 0.3) is 5.91 Å². The van der Waals surface area contributed by atoms with Crippen LogP contribution in [0.5, 0.6) is 0 Å². The summed E-state index contributed by atoms with van der Waals surface area (Å²) in [5.74, 6) is -0.121. The molecule has 1 N–H and O–H groups in total. The van der Waals surface area contributed by atoms with Crippen LogP contribution < -0.4 is 5.32 Å². The van der Waals surface area contributed by atoms with Crippen molar-refractivity contribution in [3.05, 3.63) is 59.1 Å². The zero-order valence-electron chi connectivity index (χ0n) is 16.6. The van der Waals surface area contributed by atoms with Crippen LogP contribution in [0.2, 0.25) is 0 Å². The lowest BCUT2D eigenvalue weighted by atomic mass is 9.93. The molecule has 0 radical (unpaired) electrons. The minimum atomic E-state index is -0.934. The molecule has 0 saturated heterocycles. The highest BCUT2D eigenvalue weighted by Crippen LogP contribution is 2.35. The third kappa shape index (κ3) is 3.06. The van der Waals surface area contributed by atoms with Gasteiger partial charge in [-0.25, -0.2) is 0 Å². The van der Waals surface area contributed by atoms with Gasteiger partial charge in [0, 0.05) is 12.6 Å². The zero-order valence-corrected chi connectivity index (χ0v) is 17.4. The minimum absolute atomic E-state index is 0.0450. The van der Waals surface area contributed by atoms with Gasteiger partial charge in [0.2, 0.25) is 5.91 Å². The first-order valence-electron chi connectivity index (χ1n) is 10.3. The fourth-order valence-electron chi connectivity index (χ4n) is 4.70. The summed E-state index contributed by atoms with van der Waals surface area (Å²) in [4.78, 5) is 28.9. The quantitative estimate of drug-likeness (QED) is 0.706. The first kappa shape index (κ1) is 18.4. The van der Waals surface area contributed by atoms with Crippen molar-refractivity contribution >= 4 is 33.4 Å². The lowest BCUT2D eigenvalue weighted by molar-refractivity contribution is -0.133. The molecule has 0 unspecified atom stereocenters. The Morgan fingerprint density at radius 2 is 1.97 bits per heavy atom. The van der Waals surface area contributed by atoms with Crippen LogP contribution in [0.25, 0.3) is 10.2 Å². The second kappa shape index (κ2) is 7.02. The second-order valence-electron chi connectivity index (χ2n) is 8.39. The van der Waals surface area contributed by atoms with E-state index in [0.717, 1.165) is 41.5 Å². The van der Waals surface area contributed by atoms with Gasteiger partial charge in [-0.05, 0) is 42.8 Å². The number of amides is 2. The Morgan fingerprint density at radius 1 is 1.21 bits per heavy atom. The van der Waals surface area contributed by atoms with Gasteiger partial charge in [-0.15, -0.1) is 11.3 Å². The van der Waals surface area contributed by atoms with E-state index < -0.39 is 5.54 Å². The number of rotatable bonds is 4. The molecule has 3 heterocycles. The molecule has 1 aromatic carbocycles. The summed E-state index contributed by atoms with van der Waals surface area (Å²) in [7, 11) is 0. The van der Waals surface area contributed by atoms with Crippen LogP contribution in [0.3, 0.4) is 0 Å². The number of benzene rings is 1. The van der Waals surface area contributed by atoms with E-state index in [2.05, 4.69) is 5.32 Å². The fraction of sp³-hybridized carbons (Fsp3) is 0.391. The highest BCUT2D eigenvalue weighted by Gasteiger charge is 2.48. The molecule has 1 aliphatic heterocycles. The Morgan fingerprint density at radius 3 is 2.72 bits per heavy atom. The molecular formula is C23H25N3O2S. The molecule has 1 aliphatic carbocycles. The van der Waals surface area contributed by atoms with Crippen molar-refractivity contribution in [1.29, 1.82) is 0 Å². The number of hydrogen-bond donors (Lipinski definition) is 1. The van der Waals surface area contributed by atoms with E-state index in [9.17, 15) is 9.59 Å². The van der Waals surface area contributed by atoms with Gasteiger partial charge in [0.15, 0.2) is 0 Å². The van der Waals surface area contributed by atoms with Gasteiger partial charge >= 0.3 is 0 Å². The van der Waals surface area contributed by atoms with E-state index in [1.54, 1.807) is 16.2 Å². The van der Waals surface area contributed by atoms with Gasteiger partial charge in [0.05, 0.1) is 16.8 Å². The van der Waals surface area contributed by atoms with Crippen LogP contribution >= 0.6 is 11.3 Å². The average molecular weight is 408 g/mol. The van der Waals surface area contributed by atoms with E-state index >= 15 is 0 Å². The summed E-state index contributed by atoms with van der Waals surface area (Å²) < 4.78 is 3.12. The highest BCUT2D eigenvalue weighted by atomic mass is 32.1. The number of carbonyl (C=O) groups is 2. The normalized spacial score (nSPS) is 22.2. The third-order valence-electron chi connectivity index (χ3n) is 6.41. The smallest absolute Gasteiger partial charge is 0.271 e. The summed E-state index contributed by atoms with van der Waals surface area (Å²) in [5, 5.41) is 5.28. The van der Waals surface area contributed by atoms with Crippen molar-refractivity contribution in [2.45, 2.75) is 57.3 Å². The van der Waals surface area contributed by atoms with E-state index in [1.807, 2.05) is 59.3 Å². The number of aromatic nitrogens is 1. The molecule has 6 heteroatoms. The largest absolute Gasteiger partial charge is 0.351 e. The molecule has 1 atom stereocenters. The Hall–Kier alpha value is -2.60. The zero-order chi connectivity index (χ0) is 20.0. The predicted molar refractivity (Wildman–Crippen MR) is 115 cm³/mol. The molecule has 5 rings (SSSR count). The molecule has 2 aromatic heterocycles. The first-order chi connectivity index (χ1) is 14.1. The molecule has 5 nitrogen and oxygen atoms in total.